The van der Waals surface area contributed by atoms with Crippen LogP contribution in [0.25, 0.3) is 10.9 Å². The number of hydrogen-bond acceptors (Lipinski definition) is 4. The van der Waals surface area contributed by atoms with Gasteiger partial charge in [0.2, 0.25) is 0 Å². The van der Waals surface area contributed by atoms with E-state index in [1.54, 1.807) is 36.4 Å². The first-order valence-electron chi connectivity index (χ1n) is 7.87. The fourth-order valence-electron chi connectivity index (χ4n) is 2.78. The first-order valence-corrected chi connectivity index (χ1v) is 7.87. The standard InChI is InChI=1S/C19H17FN4O/c1-23(12-14-6-2-4-8-16(14)20)13-18-22-17-9-5-3-7-15(17)19(25)24(18)11-10-21/h2-9H,11-13H2,1H3. The van der Waals surface area contributed by atoms with E-state index in [1.807, 2.05) is 24.1 Å². The molecular formula is C19H17FN4O. The van der Waals surface area contributed by atoms with Crippen LogP contribution in [0.3, 0.4) is 0 Å². The molecule has 0 spiro atoms. The second-order valence-corrected chi connectivity index (χ2v) is 5.86. The quantitative estimate of drug-likeness (QED) is 0.719. The van der Waals surface area contributed by atoms with Crippen LogP contribution in [0.15, 0.2) is 53.3 Å². The van der Waals surface area contributed by atoms with Crippen molar-refractivity contribution in [2.75, 3.05) is 7.05 Å². The molecule has 0 atom stereocenters. The van der Waals surface area contributed by atoms with Crippen LogP contribution in [-0.4, -0.2) is 21.5 Å². The van der Waals surface area contributed by atoms with Gasteiger partial charge >= 0.3 is 0 Å². The van der Waals surface area contributed by atoms with Crippen LogP contribution in [-0.2, 0) is 19.6 Å². The maximum Gasteiger partial charge on any atom is 0.262 e. The summed E-state index contributed by atoms with van der Waals surface area (Å²) < 4.78 is 15.2. The summed E-state index contributed by atoms with van der Waals surface area (Å²) in [7, 11) is 1.82. The van der Waals surface area contributed by atoms with Crippen molar-refractivity contribution in [2.24, 2.45) is 0 Å². The highest BCUT2D eigenvalue weighted by atomic mass is 19.1. The van der Waals surface area contributed by atoms with Crippen molar-refractivity contribution in [3.8, 4) is 6.07 Å². The molecular weight excluding hydrogens is 319 g/mol. The van der Waals surface area contributed by atoms with Gasteiger partial charge in [0.05, 0.1) is 23.5 Å². The lowest BCUT2D eigenvalue weighted by atomic mass is 10.2. The minimum atomic E-state index is -0.268. The number of nitrogens with zero attached hydrogens (tertiary/aromatic N) is 4. The molecule has 0 fully saturated rings. The zero-order chi connectivity index (χ0) is 17.8. The van der Waals surface area contributed by atoms with Gasteiger partial charge in [0.25, 0.3) is 5.56 Å². The number of benzene rings is 2. The van der Waals surface area contributed by atoms with E-state index in [-0.39, 0.29) is 17.9 Å². The maximum atomic E-state index is 13.8. The Morgan fingerprint density at radius 2 is 1.88 bits per heavy atom. The van der Waals surface area contributed by atoms with Crippen molar-refractivity contribution in [3.05, 3.63) is 76.1 Å². The zero-order valence-electron chi connectivity index (χ0n) is 13.8. The first kappa shape index (κ1) is 16.8. The monoisotopic (exact) mass is 336 g/mol. The molecule has 1 heterocycles. The van der Waals surface area contributed by atoms with Crippen LogP contribution in [0.1, 0.15) is 11.4 Å². The highest BCUT2D eigenvalue weighted by Crippen LogP contribution is 2.12. The smallest absolute Gasteiger partial charge is 0.262 e. The predicted molar refractivity (Wildman–Crippen MR) is 93.2 cm³/mol. The largest absolute Gasteiger partial charge is 0.295 e. The number of nitriles is 1. The molecule has 0 aliphatic heterocycles. The van der Waals surface area contributed by atoms with Gasteiger partial charge in [-0.3, -0.25) is 14.3 Å². The average molecular weight is 336 g/mol. The Bertz CT molecular complexity index is 1010. The summed E-state index contributed by atoms with van der Waals surface area (Å²) in [5, 5.41) is 9.53. The number of halogens is 1. The lowest BCUT2D eigenvalue weighted by Crippen LogP contribution is -2.29. The normalized spacial score (nSPS) is 11.0. The van der Waals surface area contributed by atoms with Crippen molar-refractivity contribution in [1.29, 1.82) is 5.26 Å². The Morgan fingerprint density at radius 1 is 1.16 bits per heavy atom. The predicted octanol–water partition coefficient (Wildman–Crippen LogP) is 2.69. The van der Waals surface area contributed by atoms with Crippen LogP contribution >= 0.6 is 0 Å². The molecule has 0 amide bonds. The lowest BCUT2D eigenvalue weighted by Gasteiger charge is -2.19. The summed E-state index contributed by atoms with van der Waals surface area (Å²) in [6.45, 7) is 0.636. The summed E-state index contributed by atoms with van der Waals surface area (Å²) in [4.78, 5) is 19.0. The van der Waals surface area contributed by atoms with Crippen LogP contribution in [0.5, 0.6) is 0 Å². The third-order valence-corrected chi connectivity index (χ3v) is 3.98. The molecule has 5 nitrogen and oxygen atoms in total. The molecule has 0 saturated heterocycles. The summed E-state index contributed by atoms with van der Waals surface area (Å²) in [5.74, 6) is 0.222. The van der Waals surface area contributed by atoms with E-state index in [4.69, 9.17) is 5.26 Å². The van der Waals surface area contributed by atoms with Crippen LogP contribution in [0.4, 0.5) is 4.39 Å². The third-order valence-electron chi connectivity index (χ3n) is 3.98. The maximum absolute atomic E-state index is 13.8. The Labute approximate surface area is 144 Å². The molecule has 1 aromatic heterocycles. The molecule has 3 aromatic rings. The van der Waals surface area contributed by atoms with E-state index in [9.17, 15) is 9.18 Å². The summed E-state index contributed by atoms with van der Waals surface area (Å²) >= 11 is 0. The Balaban J connectivity index is 1.95. The topological polar surface area (TPSA) is 61.9 Å². The number of aromatic nitrogens is 2. The van der Waals surface area contributed by atoms with Gasteiger partial charge in [0, 0.05) is 12.1 Å². The van der Waals surface area contributed by atoms with Crippen molar-refractivity contribution < 1.29 is 4.39 Å². The molecule has 6 heteroatoms. The minimum absolute atomic E-state index is 0.0699. The van der Waals surface area contributed by atoms with Gasteiger partial charge in [0.1, 0.15) is 18.2 Å². The molecule has 25 heavy (non-hydrogen) atoms. The van der Waals surface area contributed by atoms with E-state index < -0.39 is 0 Å². The van der Waals surface area contributed by atoms with E-state index in [1.165, 1.54) is 10.6 Å². The van der Waals surface area contributed by atoms with Crippen molar-refractivity contribution >= 4 is 10.9 Å². The highest BCUT2D eigenvalue weighted by molar-refractivity contribution is 5.77. The molecule has 0 saturated carbocycles. The molecule has 0 aliphatic rings. The highest BCUT2D eigenvalue weighted by Gasteiger charge is 2.13. The van der Waals surface area contributed by atoms with Gasteiger partial charge in [0.15, 0.2) is 0 Å². The summed E-state index contributed by atoms with van der Waals surface area (Å²) in [6, 6.07) is 15.6. The Hall–Kier alpha value is -3.04. The SMILES string of the molecule is CN(Cc1ccccc1F)Cc1nc2ccccc2c(=O)n1CC#N. The van der Waals surface area contributed by atoms with Crippen molar-refractivity contribution in [3.63, 3.8) is 0 Å². The Morgan fingerprint density at radius 3 is 2.64 bits per heavy atom. The fourth-order valence-corrected chi connectivity index (χ4v) is 2.78. The van der Waals surface area contributed by atoms with Crippen LogP contribution in [0.2, 0.25) is 0 Å². The number of para-hydroxylation sites is 1. The number of fused-ring (bicyclic) bond motifs is 1. The lowest BCUT2D eigenvalue weighted by molar-refractivity contribution is 0.299. The molecule has 0 unspecified atom stereocenters. The first-order chi connectivity index (χ1) is 12.1. The third kappa shape index (κ3) is 3.57. The fraction of sp³-hybridized carbons (Fsp3) is 0.211. The Kier molecular flexibility index (Phi) is 4.87. The molecule has 2 aromatic carbocycles. The molecule has 0 bridgehead atoms. The molecule has 0 aliphatic carbocycles. The van der Waals surface area contributed by atoms with Crippen LogP contribution in [0, 0.1) is 17.1 Å². The van der Waals surface area contributed by atoms with Gasteiger partial charge in [-0.1, -0.05) is 30.3 Å². The van der Waals surface area contributed by atoms with Crippen molar-refractivity contribution in [1.82, 2.24) is 14.5 Å². The van der Waals surface area contributed by atoms with E-state index >= 15 is 0 Å². The van der Waals surface area contributed by atoms with E-state index in [0.29, 0.717) is 35.4 Å². The second-order valence-electron chi connectivity index (χ2n) is 5.86. The zero-order valence-corrected chi connectivity index (χ0v) is 13.8. The molecule has 3 rings (SSSR count). The second kappa shape index (κ2) is 7.24. The van der Waals surface area contributed by atoms with E-state index in [0.717, 1.165) is 0 Å². The molecule has 0 N–H and O–H groups in total. The van der Waals surface area contributed by atoms with Gasteiger partial charge < -0.3 is 0 Å². The molecule has 126 valence electrons. The van der Waals surface area contributed by atoms with Gasteiger partial charge in [-0.05, 0) is 25.2 Å². The average Bonchev–Trinajstić information content (AvgIpc) is 2.60. The minimum Gasteiger partial charge on any atom is -0.295 e. The number of rotatable bonds is 5. The summed E-state index contributed by atoms with van der Waals surface area (Å²) in [6.07, 6.45) is 0. The van der Waals surface area contributed by atoms with Crippen LogP contribution < -0.4 is 5.56 Å². The summed E-state index contributed by atoms with van der Waals surface area (Å²) in [5.41, 5.74) is 0.928. The van der Waals surface area contributed by atoms with E-state index in [2.05, 4.69) is 4.98 Å². The van der Waals surface area contributed by atoms with Gasteiger partial charge in [-0.2, -0.15) is 5.26 Å². The van der Waals surface area contributed by atoms with Gasteiger partial charge in [-0.15, -0.1) is 0 Å². The molecule has 0 radical (unpaired) electrons. The van der Waals surface area contributed by atoms with Crippen molar-refractivity contribution in [2.45, 2.75) is 19.6 Å². The number of hydrogen-bond donors (Lipinski definition) is 0. The van der Waals surface area contributed by atoms with Gasteiger partial charge in [-0.25, -0.2) is 9.37 Å².